The minimum absolute atomic E-state index is 0.0177. The van der Waals surface area contributed by atoms with Gasteiger partial charge in [0.15, 0.2) is 5.96 Å². The fraction of sp³-hybridized carbons (Fsp3) is 0.581. The summed E-state index contributed by atoms with van der Waals surface area (Å²) in [5.74, 6) is -10.9. The molecule has 0 saturated carbocycles. The number of anilines is 2. The van der Waals surface area contributed by atoms with Gasteiger partial charge in [-0.2, -0.15) is 9.59 Å². The van der Waals surface area contributed by atoms with Crippen LogP contribution in [0.5, 0.6) is 0 Å². The maximum atomic E-state index is 13.8. The van der Waals surface area contributed by atoms with Crippen LogP contribution in [0.4, 0.5) is 15.6 Å². The number of ketones is 2. The minimum Gasteiger partial charge on any atom is -0.755 e. The van der Waals surface area contributed by atoms with E-state index in [-0.39, 0.29) is 144 Å². The first kappa shape index (κ1) is 88.0. The molecule has 4 rings (SSSR count). The molecule has 2 aromatic heterocycles. The molecule has 0 bridgehead atoms. The number of hydrogen-bond donors (Lipinski definition) is 13. The van der Waals surface area contributed by atoms with E-state index in [1.807, 2.05) is 0 Å². The summed E-state index contributed by atoms with van der Waals surface area (Å²) in [5.41, 5.74) is 17.8. The Bertz CT molecular complexity index is 3510. The molecular weight excluding hydrogens is 1430 g/mol. The summed E-state index contributed by atoms with van der Waals surface area (Å²) < 4.78 is 30.2. The second-order valence-corrected chi connectivity index (χ2v) is 27.0. The zero-order valence-corrected chi connectivity index (χ0v) is 60.0. The number of imide groups is 1. The van der Waals surface area contributed by atoms with Gasteiger partial charge in [0, 0.05) is 107 Å². The van der Waals surface area contributed by atoms with E-state index in [4.69, 9.17) is 31.5 Å². The van der Waals surface area contributed by atoms with Crippen molar-refractivity contribution in [2.45, 2.75) is 185 Å². The average Bonchev–Trinajstić information content (AvgIpc) is 1.68. The number of hydrogen-bond acceptors (Lipinski definition) is 26. The topological polar surface area (TPSA) is 609 Å². The van der Waals surface area contributed by atoms with Crippen molar-refractivity contribution in [2.75, 3.05) is 42.0 Å². The molecule has 0 radical (unpaired) electrons. The predicted molar refractivity (Wildman–Crippen MR) is 369 cm³/mol. The number of ether oxygens (including phenoxy) is 1. The maximum absolute atomic E-state index is 13.8. The van der Waals surface area contributed by atoms with E-state index in [1.165, 1.54) is 11.6 Å². The molecule has 3 heterocycles. The molecule has 7 atom stereocenters. The minimum atomic E-state index is -2.57. The van der Waals surface area contributed by atoms with Gasteiger partial charge in [-0.3, -0.25) is 85.8 Å². The molecule has 104 heavy (non-hydrogen) atoms. The highest BCUT2D eigenvalue weighted by atomic mass is 32.2. The monoisotopic (exact) mass is 1520 g/mol. The fourth-order valence-corrected chi connectivity index (χ4v) is 12.3. The van der Waals surface area contributed by atoms with Crippen molar-refractivity contribution in [1.82, 2.24) is 62.0 Å². The maximum Gasteiger partial charge on any atom is 0.373 e. The fourth-order valence-electron chi connectivity index (χ4n) is 10.1. The second-order valence-electron chi connectivity index (χ2n) is 23.9. The van der Waals surface area contributed by atoms with Gasteiger partial charge in [-0.05, 0) is 87.8 Å². The van der Waals surface area contributed by atoms with E-state index >= 15 is 0 Å². The number of likely N-dealkylation sites (tertiary alicyclic amines) is 1. The number of Topliss-reactive ketones (excluding diaryl/α,β-unsaturated/α-hetero) is 2. The zero-order valence-electron chi connectivity index (χ0n) is 57.6. The van der Waals surface area contributed by atoms with Gasteiger partial charge >= 0.3 is 30.1 Å². The van der Waals surface area contributed by atoms with Gasteiger partial charge in [0.25, 0.3) is 0 Å². The number of amides is 10. The Morgan fingerprint density at radius 2 is 1.35 bits per heavy atom. The number of carbonyl (C=O) groups excluding carboxylic acids is 14. The first-order chi connectivity index (χ1) is 49.4. The summed E-state index contributed by atoms with van der Waals surface area (Å²) in [6.45, 7) is 5.19. The van der Waals surface area contributed by atoms with Crippen LogP contribution in [0.25, 0.3) is 0 Å². The van der Waals surface area contributed by atoms with Crippen LogP contribution < -0.4 is 59.1 Å². The number of nitrogens with zero attached hydrogens (tertiary/aromatic N) is 7. The molecule has 42 heteroatoms. The summed E-state index contributed by atoms with van der Waals surface area (Å²) in [6, 6.07) is -0.245. The summed E-state index contributed by atoms with van der Waals surface area (Å²) in [6.07, 6.45) is 2.88. The Labute approximate surface area is 607 Å². The van der Waals surface area contributed by atoms with Crippen molar-refractivity contribution in [3.8, 4) is 0 Å². The lowest BCUT2D eigenvalue weighted by atomic mass is 9.88. The molecule has 1 aliphatic heterocycles. The van der Waals surface area contributed by atoms with Crippen LogP contribution in [0.3, 0.4) is 0 Å². The summed E-state index contributed by atoms with van der Waals surface area (Å²) in [7, 11) is 0. The van der Waals surface area contributed by atoms with Crippen molar-refractivity contribution in [2.24, 2.45) is 34.0 Å². The van der Waals surface area contributed by atoms with Crippen molar-refractivity contribution in [3.05, 3.63) is 46.7 Å². The van der Waals surface area contributed by atoms with Crippen molar-refractivity contribution in [3.63, 3.8) is 0 Å². The molecule has 0 aliphatic carbocycles. The average molecular weight is 1520 g/mol. The third-order valence-corrected chi connectivity index (χ3v) is 17.8. The molecule has 1 aliphatic rings. The molecule has 1 saturated heterocycles. The van der Waals surface area contributed by atoms with Gasteiger partial charge in [0.1, 0.15) is 47.3 Å². The van der Waals surface area contributed by atoms with E-state index in [2.05, 4.69) is 67.4 Å². The van der Waals surface area contributed by atoms with Crippen LogP contribution in [0.15, 0.2) is 35.5 Å². The highest BCUT2D eigenvalue weighted by Gasteiger charge is 2.39. The number of benzene rings is 1. The van der Waals surface area contributed by atoms with Crippen LogP contribution in [0, 0.1) is 11.8 Å². The van der Waals surface area contributed by atoms with Crippen LogP contribution >= 0.6 is 23.1 Å². The molecule has 3 aromatic rings. The number of carbonyl (C=O) groups is 14. The predicted octanol–water partition coefficient (Wildman–Crippen LogP) is -1.08. The summed E-state index contributed by atoms with van der Waals surface area (Å²) in [5, 5.41) is 52.2. The Morgan fingerprint density at radius 1 is 0.731 bits per heavy atom. The summed E-state index contributed by atoms with van der Waals surface area (Å²) >= 11 is -0.569. The largest absolute Gasteiger partial charge is 0.755 e. The third-order valence-electron chi connectivity index (χ3n) is 15.2. The van der Waals surface area contributed by atoms with Crippen molar-refractivity contribution < 1.29 is 100 Å². The first-order valence-electron chi connectivity index (χ1n) is 33.0. The van der Waals surface area contributed by atoms with E-state index in [9.17, 15) is 86.1 Å². The van der Waals surface area contributed by atoms with Crippen molar-refractivity contribution >= 4 is 140 Å². The van der Waals surface area contributed by atoms with Gasteiger partial charge in [-0.1, -0.05) is 49.0 Å². The molecule has 10 amide bonds. The number of rotatable bonds is 50. The van der Waals surface area contributed by atoms with Crippen LogP contribution in [0.2, 0.25) is 0 Å². The Balaban J connectivity index is 0.00000919. The smallest absolute Gasteiger partial charge is 0.373 e. The molecule has 572 valence electrons. The number of carboxylic acids is 2. The lowest BCUT2D eigenvalue weighted by Gasteiger charge is -2.24. The number of esters is 1. The number of nitrogens with one attached hydrogen (secondary N) is 8. The standard InChI is InChI=1S/C61H90N18O19S3.CO2/c1-35(2)42(53(89)70-43(16-11-23-67-60(64)95)55(91)68-38-20-18-37(19-21-38)34-98-36(3)80)28-40(81)13-5-4-7-26-79-50(84)32-47(58(79)94)99-27-24-65-54(90)45(30-51(85)86)72-56(92)44(15-10-22-66-59(62)63)71-57(93)46(31-52(87)88)69-48(83)17-6-8-25-78-33-39(73-77-78)12-9-14-41(82)29-49-74-75-61(100-49)76-101(96)97;2-1-3/h18-21,33,35,42-47H,4-17,22-32,34H2,1-3H3,(H,65,90)(H,68,91)(H,69,83)(H,70,89)(H,71,93)(H,72,92)(H,75,76)(H,85,86)(H,87,88)(H,96,97)(H4,62,63,66)(H3,64,67,95);/p-1/t42-,43?,44-,45-,46-,47?;/m0./s1. The number of carboxylic acid groups (broad SMARTS) is 2. The third kappa shape index (κ3) is 36.1. The number of guanidine groups is 1. The molecular formula is C62H89N18O21S3-. The van der Waals surface area contributed by atoms with Gasteiger partial charge in [-0.15, -0.1) is 27.1 Å². The van der Waals surface area contributed by atoms with E-state index in [1.54, 1.807) is 44.3 Å². The number of aliphatic imine (C=N–C) groups is 1. The number of nitrogens with two attached hydrogens (primary N) is 3. The van der Waals surface area contributed by atoms with Crippen LogP contribution in [-0.2, 0) is 114 Å². The molecule has 16 N–H and O–H groups in total. The second kappa shape index (κ2) is 47.9. The molecule has 1 fully saturated rings. The normalized spacial score (nSPS) is 14.1. The van der Waals surface area contributed by atoms with E-state index in [0.717, 1.165) is 28.0 Å². The van der Waals surface area contributed by atoms with Gasteiger partial charge in [-0.25, -0.2) is 4.79 Å². The lowest BCUT2D eigenvalue weighted by molar-refractivity contribution is -0.192. The van der Waals surface area contributed by atoms with Crippen LogP contribution in [0.1, 0.15) is 146 Å². The number of aliphatic carboxylic acids is 2. The number of thioether (sulfide) groups is 1. The quantitative estimate of drug-likeness (QED) is 0.00798. The number of primary amides is 1. The lowest BCUT2D eigenvalue weighted by Crippen LogP contribution is -2.57. The highest BCUT2D eigenvalue weighted by molar-refractivity contribution is 8.00. The highest BCUT2D eigenvalue weighted by Crippen LogP contribution is 2.26. The first-order valence-corrected chi connectivity index (χ1v) is 35.9. The Kier molecular flexibility index (Phi) is 40.5. The zero-order chi connectivity index (χ0) is 77.3. The molecule has 1 aromatic carbocycles. The number of urea groups is 1. The number of aromatic nitrogens is 5. The van der Waals surface area contributed by atoms with E-state index in [0.29, 0.717) is 67.0 Å². The Hall–Kier alpha value is -10.2. The van der Waals surface area contributed by atoms with Gasteiger partial charge in [0.05, 0.1) is 30.2 Å². The Morgan fingerprint density at radius 3 is 1.99 bits per heavy atom. The van der Waals surface area contributed by atoms with E-state index < -0.39 is 131 Å². The number of unbranched alkanes of at least 4 members (excludes halogenated alkanes) is 3. The molecule has 0 spiro atoms. The van der Waals surface area contributed by atoms with Crippen LogP contribution in [-0.4, -0.2) is 205 Å². The summed E-state index contributed by atoms with van der Waals surface area (Å²) in [4.78, 5) is 201. The molecule has 39 nitrogen and oxygen atoms in total. The van der Waals surface area contributed by atoms with Gasteiger partial charge < -0.3 is 73.9 Å². The SMILES string of the molecule is CC(=O)OCc1ccc(NC(=O)C(CCCNC(N)=O)NC(=O)[C@@H](CC(=O)CCCCCN2C(=O)CC(SCCNC(=O)[C@H](CC(=O)O)NC(=O)[C@H](CCCN=C(N)N)NC(=O)[C@H](CC(=O)O)NC(=O)CCCCn3cc(CCCC(=O)Cc4nnc(NS(=O)[O-])s4)nn3)C2=O)C(C)C)cc1.O=C=O. The molecule has 3 unspecified atom stereocenters. The van der Waals surface area contributed by atoms with Gasteiger partial charge in [0.2, 0.25) is 52.4 Å². The number of aryl methyl sites for hydroxylation is 2. The van der Waals surface area contributed by atoms with Crippen molar-refractivity contribution in [1.29, 1.82) is 0 Å².